The topological polar surface area (TPSA) is 52.3 Å². The van der Waals surface area contributed by atoms with Crippen molar-refractivity contribution in [2.24, 2.45) is 0 Å². The van der Waals surface area contributed by atoms with Gasteiger partial charge in [-0.15, -0.1) is 0 Å². The summed E-state index contributed by atoms with van der Waals surface area (Å²) in [5.41, 5.74) is 7.16. The number of ether oxygens (including phenoxy) is 1. The predicted molar refractivity (Wildman–Crippen MR) is 59.3 cm³/mol. The highest BCUT2D eigenvalue weighted by Crippen LogP contribution is 2.16. The molecule has 0 aliphatic rings. The van der Waals surface area contributed by atoms with Gasteiger partial charge in [-0.05, 0) is 46.4 Å². The van der Waals surface area contributed by atoms with E-state index in [1.165, 1.54) is 7.11 Å². The van der Waals surface area contributed by atoms with E-state index in [-0.39, 0.29) is 12.4 Å². The van der Waals surface area contributed by atoms with Crippen molar-refractivity contribution >= 4 is 34.2 Å². The van der Waals surface area contributed by atoms with Gasteiger partial charge in [-0.1, -0.05) is 0 Å². The van der Waals surface area contributed by atoms with Crippen LogP contribution in [0.1, 0.15) is 5.56 Å². The zero-order chi connectivity index (χ0) is 9.84. The first-order chi connectivity index (χ1) is 6.13. The van der Waals surface area contributed by atoms with Gasteiger partial charge in [0, 0.05) is 9.26 Å². The number of benzene rings is 1. The van der Waals surface area contributed by atoms with Crippen LogP contribution in [-0.4, -0.2) is 13.1 Å². The Balaban J connectivity index is 2.87. The lowest BCUT2D eigenvalue weighted by atomic mass is 10.1. The number of hydrogen-bond acceptors (Lipinski definition) is 3. The minimum Gasteiger partial charge on any atom is -0.469 e. The zero-order valence-electron chi connectivity index (χ0n) is 7.21. The summed E-state index contributed by atoms with van der Waals surface area (Å²) in [6.45, 7) is 0. The number of rotatable bonds is 2. The van der Waals surface area contributed by atoms with Crippen molar-refractivity contribution in [2.45, 2.75) is 6.42 Å². The van der Waals surface area contributed by atoms with E-state index in [0.717, 1.165) is 9.13 Å². The molecule has 4 heteroatoms. The molecule has 0 bridgehead atoms. The van der Waals surface area contributed by atoms with E-state index < -0.39 is 0 Å². The normalized spacial score (nSPS) is 9.69. The van der Waals surface area contributed by atoms with E-state index in [2.05, 4.69) is 27.3 Å². The molecule has 0 unspecified atom stereocenters. The first-order valence-corrected chi connectivity index (χ1v) is 4.82. The van der Waals surface area contributed by atoms with Gasteiger partial charge < -0.3 is 10.5 Å². The maximum absolute atomic E-state index is 11.0. The molecule has 0 amide bonds. The molecule has 1 aromatic rings. The van der Waals surface area contributed by atoms with E-state index in [4.69, 9.17) is 5.73 Å². The Morgan fingerprint density at radius 1 is 1.62 bits per heavy atom. The van der Waals surface area contributed by atoms with Gasteiger partial charge in [0.2, 0.25) is 0 Å². The van der Waals surface area contributed by atoms with Crippen LogP contribution in [0.15, 0.2) is 18.2 Å². The molecule has 0 aliphatic carbocycles. The first kappa shape index (κ1) is 10.3. The minimum atomic E-state index is -0.247. The SMILES string of the molecule is COC(=O)Cc1cc(N)ccc1I. The van der Waals surface area contributed by atoms with Crippen LogP contribution in [0.3, 0.4) is 0 Å². The molecule has 1 rings (SSSR count). The molecule has 0 spiro atoms. The molecular formula is C9H10INO2. The molecule has 0 aliphatic heterocycles. The third kappa shape index (κ3) is 2.87. The van der Waals surface area contributed by atoms with Crippen molar-refractivity contribution in [3.63, 3.8) is 0 Å². The summed E-state index contributed by atoms with van der Waals surface area (Å²) in [5.74, 6) is -0.247. The monoisotopic (exact) mass is 291 g/mol. The van der Waals surface area contributed by atoms with E-state index in [1.807, 2.05) is 12.1 Å². The molecule has 2 N–H and O–H groups in total. The fraction of sp³-hybridized carbons (Fsp3) is 0.222. The smallest absolute Gasteiger partial charge is 0.310 e. The van der Waals surface area contributed by atoms with Crippen LogP contribution in [0.2, 0.25) is 0 Å². The van der Waals surface area contributed by atoms with Crippen LogP contribution in [0.25, 0.3) is 0 Å². The highest BCUT2D eigenvalue weighted by molar-refractivity contribution is 14.1. The number of anilines is 1. The van der Waals surface area contributed by atoms with Crippen LogP contribution in [-0.2, 0) is 16.0 Å². The van der Waals surface area contributed by atoms with Gasteiger partial charge in [-0.2, -0.15) is 0 Å². The molecule has 0 saturated carbocycles. The van der Waals surface area contributed by atoms with Crippen LogP contribution >= 0.6 is 22.6 Å². The van der Waals surface area contributed by atoms with E-state index in [1.54, 1.807) is 6.07 Å². The van der Waals surface area contributed by atoms with Gasteiger partial charge in [0.1, 0.15) is 0 Å². The summed E-state index contributed by atoms with van der Waals surface area (Å²) < 4.78 is 5.59. The minimum absolute atomic E-state index is 0.247. The second-order valence-corrected chi connectivity index (χ2v) is 3.77. The second kappa shape index (κ2) is 4.45. The molecule has 13 heavy (non-hydrogen) atoms. The molecule has 0 radical (unpaired) electrons. The average molecular weight is 291 g/mol. The van der Waals surface area contributed by atoms with Crippen LogP contribution < -0.4 is 5.73 Å². The summed E-state index contributed by atoms with van der Waals surface area (Å²) in [5, 5.41) is 0. The molecule has 3 nitrogen and oxygen atoms in total. The van der Waals surface area contributed by atoms with Gasteiger partial charge in [-0.3, -0.25) is 4.79 Å². The number of nitrogens with two attached hydrogens (primary N) is 1. The van der Waals surface area contributed by atoms with E-state index in [9.17, 15) is 4.79 Å². The lowest BCUT2D eigenvalue weighted by Gasteiger charge is -2.03. The third-order valence-corrected chi connectivity index (χ3v) is 2.68. The Bertz CT molecular complexity index is 325. The summed E-state index contributed by atoms with van der Waals surface area (Å²) >= 11 is 2.16. The fourth-order valence-electron chi connectivity index (χ4n) is 0.958. The predicted octanol–water partition coefficient (Wildman–Crippen LogP) is 1.59. The number of carbonyl (C=O) groups is 1. The number of halogens is 1. The van der Waals surface area contributed by atoms with Gasteiger partial charge in [0.15, 0.2) is 0 Å². The quantitative estimate of drug-likeness (QED) is 0.511. The zero-order valence-corrected chi connectivity index (χ0v) is 9.37. The fourth-order valence-corrected chi connectivity index (χ4v) is 1.48. The average Bonchev–Trinajstić information content (AvgIpc) is 2.11. The molecule has 0 saturated heterocycles. The van der Waals surface area contributed by atoms with Crippen molar-refractivity contribution < 1.29 is 9.53 Å². The number of esters is 1. The van der Waals surface area contributed by atoms with Crippen LogP contribution in [0.4, 0.5) is 5.69 Å². The third-order valence-electron chi connectivity index (χ3n) is 1.63. The molecule has 0 aromatic heterocycles. The maximum Gasteiger partial charge on any atom is 0.310 e. The van der Waals surface area contributed by atoms with Crippen molar-refractivity contribution in [3.05, 3.63) is 27.3 Å². The van der Waals surface area contributed by atoms with Gasteiger partial charge >= 0.3 is 5.97 Å². The first-order valence-electron chi connectivity index (χ1n) is 3.74. The van der Waals surface area contributed by atoms with Crippen molar-refractivity contribution in [1.82, 2.24) is 0 Å². The van der Waals surface area contributed by atoms with Crippen molar-refractivity contribution in [2.75, 3.05) is 12.8 Å². The molecule has 0 heterocycles. The summed E-state index contributed by atoms with van der Waals surface area (Å²) in [4.78, 5) is 11.0. The number of methoxy groups -OCH3 is 1. The highest BCUT2D eigenvalue weighted by Gasteiger charge is 2.06. The second-order valence-electron chi connectivity index (χ2n) is 2.60. The van der Waals surface area contributed by atoms with Crippen LogP contribution in [0.5, 0.6) is 0 Å². The highest BCUT2D eigenvalue weighted by atomic mass is 127. The van der Waals surface area contributed by atoms with Gasteiger partial charge in [-0.25, -0.2) is 0 Å². The maximum atomic E-state index is 11.0. The molecule has 70 valence electrons. The molecular weight excluding hydrogens is 281 g/mol. The van der Waals surface area contributed by atoms with Gasteiger partial charge in [0.05, 0.1) is 13.5 Å². The van der Waals surface area contributed by atoms with Gasteiger partial charge in [0.25, 0.3) is 0 Å². The van der Waals surface area contributed by atoms with E-state index in [0.29, 0.717) is 5.69 Å². The lowest BCUT2D eigenvalue weighted by Crippen LogP contribution is -2.06. The number of hydrogen-bond donors (Lipinski definition) is 1. The number of nitrogen functional groups attached to an aromatic ring is 1. The molecule has 0 fully saturated rings. The lowest BCUT2D eigenvalue weighted by molar-refractivity contribution is -0.139. The Hall–Kier alpha value is -0.780. The Morgan fingerprint density at radius 2 is 2.31 bits per heavy atom. The number of carbonyl (C=O) groups excluding carboxylic acids is 1. The Labute approximate surface area is 90.4 Å². The molecule has 0 atom stereocenters. The van der Waals surface area contributed by atoms with Crippen molar-refractivity contribution in [1.29, 1.82) is 0 Å². The Morgan fingerprint density at radius 3 is 2.92 bits per heavy atom. The Kier molecular flexibility index (Phi) is 3.53. The standard InChI is InChI=1S/C9H10INO2/c1-13-9(12)5-6-4-7(11)2-3-8(6)10/h2-4H,5,11H2,1H3. The van der Waals surface area contributed by atoms with Crippen LogP contribution in [0, 0.1) is 3.57 Å². The summed E-state index contributed by atoms with van der Waals surface area (Å²) in [6, 6.07) is 5.48. The largest absolute Gasteiger partial charge is 0.469 e. The molecule has 1 aromatic carbocycles. The van der Waals surface area contributed by atoms with E-state index >= 15 is 0 Å². The summed E-state index contributed by atoms with van der Waals surface area (Å²) in [7, 11) is 1.38. The summed E-state index contributed by atoms with van der Waals surface area (Å²) in [6.07, 6.45) is 0.278. The van der Waals surface area contributed by atoms with Crippen molar-refractivity contribution in [3.8, 4) is 0 Å².